The van der Waals surface area contributed by atoms with E-state index in [1.165, 1.54) is 30.3 Å². The maximum atomic E-state index is 13.4. The van der Waals surface area contributed by atoms with Crippen LogP contribution in [0.3, 0.4) is 0 Å². The Balaban J connectivity index is 2.37. The molecule has 98 valence electrons. The third kappa shape index (κ3) is 2.98. The lowest BCUT2D eigenvalue weighted by atomic mass is 10.2. The Kier molecular flexibility index (Phi) is 3.61. The number of rotatable bonds is 4. The number of hydrogen-bond acceptors (Lipinski definition) is 4. The topological polar surface area (TPSA) is 64.4 Å². The van der Waals surface area contributed by atoms with Crippen LogP contribution in [-0.2, 0) is 0 Å². The quantitative estimate of drug-likeness (QED) is 0.675. The first-order valence-electron chi connectivity index (χ1n) is 5.50. The van der Waals surface area contributed by atoms with Gasteiger partial charge in [0, 0.05) is 24.9 Å². The van der Waals surface area contributed by atoms with Gasteiger partial charge in [-0.15, -0.1) is 0 Å². The molecule has 0 atom stereocenters. The molecule has 0 aliphatic rings. The third-order valence-electron chi connectivity index (χ3n) is 2.46. The number of halogens is 1. The molecular formula is C13H11FN2O3. The van der Waals surface area contributed by atoms with Gasteiger partial charge in [-0.2, -0.15) is 0 Å². The Bertz CT molecular complexity index is 617. The van der Waals surface area contributed by atoms with E-state index in [1.807, 2.05) is 0 Å². The number of nitrogens with zero attached hydrogens (tertiary/aromatic N) is 1. The van der Waals surface area contributed by atoms with Crippen LogP contribution in [0, 0.1) is 15.9 Å². The van der Waals surface area contributed by atoms with Crippen LogP contribution in [0.25, 0.3) is 0 Å². The number of non-ortho nitro benzene ring substituents is 1. The second-order valence-electron chi connectivity index (χ2n) is 3.76. The van der Waals surface area contributed by atoms with Crippen LogP contribution < -0.4 is 10.1 Å². The van der Waals surface area contributed by atoms with Gasteiger partial charge in [-0.25, -0.2) is 4.39 Å². The van der Waals surface area contributed by atoms with Crippen LogP contribution in [0.2, 0.25) is 0 Å². The van der Waals surface area contributed by atoms with Crippen LogP contribution in [-0.4, -0.2) is 12.0 Å². The first-order chi connectivity index (χ1) is 9.10. The number of hydrogen-bond donors (Lipinski definition) is 1. The molecule has 5 nitrogen and oxygen atoms in total. The van der Waals surface area contributed by atoms with Crippen LogP contribution in [0.15, 0.2) is 42.5 Å². The highest BCUT2D eigenvalue weighted by Crippen LogP contribution is 2.30. The van der Waals surface area contributed by atoms with Crippen LogP contribution in [0.1, 0.15) is 0 Å². The van der Waals surface area contributed by atoms with E-state index in [0.29, 0.717) is 5.69 Å². The maximum Gasteiger partial charge on any atom is 0.275 e. The maximum absolute atomic E-state index is 13.4. The van der Waals surface area contributed by atoms with E-state index in [4.69, 9.17) is 4.74 Å². The SMILES string of the molecule is CNc1cc(Oc2ccccc2F)cc([N+](=O)[O-])c1. The molecule has 0 saturated heterocycles. The number of para-hydroxylation sites is 1. The Morgan fingerprint density at radius 1 is 1.26 bits per heavy atom. The predicted molar refractivity (Wildman–Crippen MR) is 69.1 cm³/mol. The summed E-state index contributed by atoms with van der Waals surface area (Å²) >= 11 is 0. The fraction of sp³-hybridized carbons (Fsp3) is 0.0769. The van der Waals surface area contributed by atoms with Gasteiger partial charge >= 0.3 is 0 Å². The minimum Gasteiger partial charge on any atom is -0.454 e. The fourth-order valence-corrected chi connectivity index (χ4v) is 1.55. The highest BCUT2D eigenvalue weighted by atomic mass is 19.1. The predicted octanol–water partition coefficient (Wildman–Crippen LogP) is 3.57. The number of nitro groups is 1. The zero-order valence-electron chi connectivity index (χ0n) is 10.1. The van der Waals surface area contributed by atoms with E-state index >= 15 is 0 Å². The fourth-order valence-electron chi connectivity index (χ4n) is 1.55. The molecule has 19 heavy (non-hydrogen) atoms. The monoisotopic (exact) mass is 262 g/mol. The Morgan fingerprint density at radius 3 is 2.63 bits per heavy atom. The van der Waals surface area contributed by atoms with Crippen molar-refractivity contribution in [3.05, 3.63) is 58.4 Å². The van der Waals surface area contributed by atoms with Gasteiger partial charge in [0.2, 0.25) is 0 Å². The van der Waals surface area contributed by atoms with Crippen molar-refractivity contribution < 1.29 is 14.1 Å². The molecule has 1 N–H and O–H groups in total. The van der Waals surface area contributed by atoms with E-state index in [9.17, 15) is 14.5 Å². The van der Waals surface area contributed by atoms with Gasteiger partial charge in [0.1, 0.15) is 5.75 Å². The average Bonchev–Trinajstić information content (AvgIpc) is 2.41. The highest BCUT2D eigenvalue weighted by Gasteiger charge is 2.12. The van der Waals surface area contributed by atoms with E-state index in [-0.39, 0.29) is 17.2 Å². The smallest absolute Gasteiger partial charge is 0.275 e. The van der Waals surface area contributed by atoms with Crippen molar-refractivity contribution >= 4 is 11.4 Å². The van der Waals surface area contributed by atoms with Crippen LogP contribution in [0.4, 0.5) is 15.8 Å². The minimum absolute atomic E-state index is 0.0186. The van der Waals surface area contributed by atoms with Crippen molar-refractivity contribution in [2.24, 2.45) is 0 Å². The molecule has 0 aromatic heterocycles. The second kappa shape index (κ2) is 5.34. The largest absolute Gasteiger partial charge is 0.454 e. The average molecular weight is 262 g/mol. The summed E-state index contributed by atoms with van der Waals surface area (Å²) in [4.78, 5) is 10.3. The van der Waals surface area contributed by atoms with Gasteiger partial charge in [-0.3, -0.25) is 10.1 Å². The summed E-state index contributed by atoms with van der Waals surface area (Å²) < 4.78 is 18.8. The summed E-state index contributed by atoms with van der Waals surface area (Å²) in [7, 11) is 1.63. The molecule has 0 fully saturated rings. The van der Waals surface area contributed by atoms with E-state index in [2.05, 4.69) is 5.32 Å². The first-order valence-corrected chi connectivity index (χ1v) is 5.50. The summed E-state index contributed by atoms with van der Waals surface area (Å²) in [5.74, 6) is -0.311. The molecule has 6 heteroatoms. The zero-order valence-corrected chi connectivity index (χ0v) is 10.1. The lowest BCUT2D eigenvalue weighted by Crippen LogP contribution is -1.95. The van der Waals surface area contributed by atoms with Crippen LogP contribution in [0.5, 0.6) is 11.5 Å². The van der Waals surface area contributed by atoms with Gasteiger partial charge in [0.05, 0.1) is 11.0 Å². The van der Waals surface area contributed by atoms with E-state index < -0.39 is 10.7 Å². The second-order valence-corrected chi connectivity index (χ2v) is 3.76. The normalized spacial score (nSPS) is 10.0. The van der Waals surface area contributed by atoms with Crippen molar-refractivity contribution in [1.29, 1.82) is 0 Å². The lowest BCUT2D eigenvalue weighted by molar-refractivity contribution is -0.384. The number of ether oxygens (including phenoxy) is 1. The Morgan fingerprint density at radius 2 is 2.00 bits per heavy atom. The lowest BCUT2D eigenvalue weighted by Gasteiger charge is -2.08. The summed E-state index contributed by atoms with van der Waals surface area (Å²) in [6, 6.07) is 10.0. The molecule has 2 aromatic carbocycles. The van der Waals surface area contributed by atoms with Gasteiger partial charge in [0.15, 0.2) is 11.6 Å². The first kappa shape index (κ1) is 12.8. The molecular weight excluding hydrogens is 251 g/mol. The van der Waals surface area contributed by atoms with Gasteiger partial charge in [0.25, 0.3) is 5.69 Å². The molecule has 0 heterocycles. The summed E-state index contributed by atoms with van der Waals surface area (Å²) in [5, 5.41) is 13.6. The van der Waals surface area contributed by atoms with Crippen molar-refractivity contribution in [2.45, 2.75) is 0 Å². The Labute approximate surface area is 108 Å². The number of anilines is 1. The molecule has 0 radical (unpaired) electrons. The number of nitrogens with one attached hydrogen (secondary N) is 1. The van der Waals surface area contributed by atoms with Gasteiger partial charge in [-0.05, 0) is 12.1 Å². The minimum atomic E-state index is -0.533. The summed E-state index contributed by atoms with van der Waals surface area (Å²) in [6.45, 7) is 0. The molecule has 0 bridgehead atoms. The molecule has 0 aliphatic carbocycles. The standard InChI is InChI=1S/C13H11FN2O3/c1-15-9-6-10(16(17)18)8-11(7-9)19-13-5-3-2-4-12(13)14/h2-8,15H,1H3. The summed E-state index contributed by atoms with van der Waals surface area (Å²) in [6.07, 6.45) is 0. The van der Waals surface area contributed by atoms with Crippen molar-refractivity contribution in [3.63, 3.8) is 0 Å². The van der Waals surface area contributed by atoms with Crippen molar-refractivity contribution in [1.82, 2.24) is 0 Å². The number of nitro benzene ring substituents is 1. The van der Waals surface area contributed by atoms with Gasteiger partial charge < -0.3 is 10.1 Å². The van der Waals surface area contributed by atoms with Gasteiger partial charge in [-0.1, -0.05) is 12.1 Å². The van der Waals surface area contributed by atoms with Crippen molar-refractivity contribution in [2.75, 3.05) is 12.4 Å². The van der Waals surface area contributed by atoms with Crippen LogP contribution >= 0.6 is 0 Å². The summed E-state index contributed by atoms with van der Waals surface area (Å²) in [5.41, 5.74) is 0.388. The Hall–Kier alpha value is -2.63. The molecule has 0 amide bonds. The van der Waals surface area contributed by atoms with Crippen molar-refractivity contribution in [3.8, 4) is 11.5 Å². The molecule has 2 aromatic rings. The highest BCUT2D eigenvalue weighted by molar-refractivity contribution is 5.56. The molecule has 0 aliphatic heterocycles. The van der Waals surface area contributed by atoms with E-state index in [1.54, 1.807) is 19.2 Å². The number of benzene rings is 2. The zero-order chi connectivity index (χ0) is 13.8. The molecule has 2 rings (SSSR count). The van der Waals surface area contributed by atoms with E-state index in [0.717, 1.165) is 0 Å². The molecule has 0 unspecified atom stereocenters. The molecule has 0 spiro atoms. The third-order valence-corrected chi connectivity index (χ3v) is 2.46. The molecule has 0 saturated carbocycles.